The van der Waals surface area contributed by atoms with E-state index in [1.165, 1.54) is 0 Å². The second-order valence-electron chi connectivity index (χ2n) is 4.68. The number of hydrogen-bond acceptors (Lipinski definition) is 4. The Morgan fingerprint density at radius 2 is 2.24 bits per heavy atom. The van der Waals surface area contributed by atoms with Crippen LogP contribution in [0.3, 0.4) is 0 Å². The molecule has 1 heterocycles. The van der Waals surface area contributed by atoms with Crippen molar-refractivity contribution < 1.29 is 9.53 Å². The third-order valence-corrected chi connectivity index (χ3v) is 2.81. The van der Waals surface area contributed by atoms with Crippen LogP contribution in [0.5, 0.6) is 0 Å². The zero-order valence-corrected chi connectivity index (χ0v) is 10.6. The molecule has 0 aliphatic heterocycles. The van der Waals surface area contributed by atoms with Gasteiger partial charge >= 0.3 is 5.97 Å². The van der Waals surface area contributed by atoms with Gasteiger partial charge in [-0.2, -0.15) is 0 Å². The fourth-order valence-electron chi connectivity index (χ4n) is 1.72. The Kier molecular flexibility index (Phi) is 3.41. The molecular weight excluding hydrogens is 216 g/mol. The first-order valence-corrected chi connectivity index (χ1v) is 6.17. The number of aromatic nitrogens is 2. The van der Waals surface area contributed by atoms with Crippen LogP contribution in [0.2, 0.25) is 0 Å². The van der Waals surface area contributed by atoms with Crippen LogP contribution in [0.25, 0.3) is 0 Å². The molecule has 4 nitrogen and oxygen atoms in total. The highest BCUT2D eigenvalue weighted by Crippen LogP contribution is 2.40. The molecule has 0 amide bonds. The molecule has 1 aromatic rings. The molecule has 4 heteroatoms. The van der Waals surface area contributed by atoms with Crippen LogP contribution in [0.15, 0.2) is 6.20 Å². The van der Waals surface area contributed by atoms with Crippen LogP contribution in [0, 0.1) is 0 Å². The first-order valence-electron chi connectivity index (χ1n) is 6.17. The number of nitrogens with zero attached hydrogens (tertiary/aromatic N) is 2. The standard InChI is InChI=1S/C13H18N2O2/c1-4-17-13(16)10-7-14-12(8(2)3)15-11(10)9-5-6-9/h7-9H,4-6H2,1-3H3. The quantitative estimate of drug-likeness (QED) is 0.751. The number of carbonyl (C=O) groups excluding carboxylic acids is 1. The normalized spacial score (nSPS) is 15.1. The van der Waals surface area contributed by atoms with Crippen molar-refractivity contribution in [3.8, 4) is 0 Å². The van der Waals surface area contributed by atoms with E-state index in [0.717, 1.165) is 24.4 Å². The molecule has 1 fully saturated rings. The summed E-state index contributed by atoms with van der Waals surface area (Å²) >= 11 is 0. The van der Waals surface area contributed by atoms with Gasteiger partial charge in [-0.15, -0.1) is 0 Å². The molecule has 0 spiro atoms. The van der Waals surface area contributed by atoms with Gasteiger partial charge in [-0.3, -0.25) is 0 Å². The van der Waals surface area contributed by atoms with Crippen molar-refractivity contribution in [1.82, 2.24) is 9.97 Å². The van der Waals surface area contributed by atoms with E-state index in [4.69, 9.17) is 4.74 Å². The van der Waals surface area contributed by atoms with Crippen molar-refractivity contribution in [2.75, 3.05) is 6.61 Å². The molecule has 1 saturated carbocycles. The van der Waals surface area contributed by atoms with Crippen molar-refractivity contribution in [3.63, 3.8) is 0 Å². The highest BCUT2D eigenvalue weighted by atomic mass is 16.5. The zero-order valence-electron chi connectivity index (χ0n) is 10.6. The average Bonchev–Trinajstić information content (AvgIpc) is 3.12. The van der Waals surface area contributed by atoms with E-state index in [2.05, 4.69) is 23.8 Å². The van der Waals surface area contributed by atoms with Gasteiger partial charge in [0.05, 0.1) is 17.9 Å². The lowest BCUT2D eigenvalue weighted by atomic mass is 10.1. The molecule has 92 valence electrons. The third kappa shape index (κ3) is 2.62. The van der Waals surface area contributed by atoms with Crippen molar-refractivity contribution in [1.29, 1.82) is 0 Å². The first-order chi connectivity index (χ1) is 8.13. The van der Waals surface area contributed by atoms with Gasteiger partial charge in [0, 0.05) is 18.0 Å². The Balaban J connectivity index is 2.34. The maximum absolute atomic E-state index is 11.8. The molecule has 1 aliphatic carbocycles. The van der Waals surface area contributed by atoms with E-state index in [1.54, 1.807) is 13.1 Å². The smallest absolute Gasteiger partial charge is 0.341 e. The Hall–Kier alpha value is -1.45. The van der Waals surface area contributed by atoms with E-state index in [9.17, 15) is 4.79 Å². The minimum absolute atomic E-state index is 0.281. The molecule has 0 bridgehead atoms. The summed E-state index contributed by atoms with van der Waals surface area (Å²) in [6, 6.07) is 0. The highest BCUT2D eigenvalue weighted by molar-refractivity contribution is 5.90. The molecule has 2 rings (SSSR count). The van der Waals surface area contributed by atoms with Crippen LogP contribution in [-0.4, -0.2) is 22.5 Å². The highest BCUT2D eigenvalue weighted by Gasteiger charge is 2.31. The van der Waals surface area contributed by atoms with Gasteiger partial charge in [0.15, 0.2) is 0 Å². The van der Waals surface area contributed by atoms with Gasteiger partial charge in [-0.1, -0.05) is 13.8 Å². The average molecular weight is 234 g/mol. The Bertz CT molecular complexity index is 425. The number of esters is 1. The fourth-order valence-corrected chi connectivity index (χ4v) is 1.72. The summed E-state index contributed by atoms with van der Waals surface area (Å²) in [7, 11) is 0. The molecule has 0 N–H and O–H groups in total. The summed E-state index contributed by atoms with van der Waals surface area (Å²) in [6.45, 7) is 6.29. The second kappa shape index (κ2) is 4.82. The number of rotatable bonds is 4. The van der Waals surface area contributed by atoms with E-state index in [0.29, 0.717) is 18.1 Å². The van der Waals surface area contributed by atoms with E-state index >= 15 is 0 Å². The van der Waals surface area contributed by atoms with E-state index in [-0.39, 0.29) is 11.9 Å². The molecular formula is C13H18N2O2. The van der Waals surface area contributed by atoms with Crippen LogP contribution >= 0.6 is 0 Å². The molecule has 0 aromatic carbocycles. The van der Waals surface area contributed by atoms with E-state index < -0.39 is 0 Å². The molecule has 1 aliphatic rings. The minimum Gasteiger partial charge on any atom is -0.462 e. The maximum Gasteiger partial charge on any atom is 0.341 e. The summed E-state index contributed by atoms with van der Waals surface area (Å²) in [5.74, 6) is 1.21. The fraction of sp³-hybridized carbons (Fsp3) is 0.615. The van der Waals surface area contributed by atoms with Crippen LogP contribution < -0.4 is 0 Å². The summed E-state index contributed by atoms with van der Waals surface area (Å²) in [4.78, 5) is 20.5. The van der Waals surface area contributed by atoms with Crippen molar-refractivity contribution in [2.24, 2.45) is 0 Å². The monoisotopic (exact) mass is 234 g/mol. The molecule has 17 heavy (non-hydrogen) atoms. The van der Waals surface area contributed by atoms with Gasteiger partial charge < -0.3 is 4.74 Å². The predicted molar refractivity (Wildman–Crippen MR) is 64.1 cm³/mol. The van der Waals surface area contributed by atoms with Crippen LogP contribution in [0.4, 0.5) is 0 Å². The summed E-state index contributed by atoms with van der Waals surface area (Å²) in [5.41, 5.74) is 1.42. The molecule has 0 unspecified atom stereocenters. The van der Waals surface area contributed by atoms with Gasteiger partial charge in [-0.05, 0) is 19.8 Å². The van der Waals surface area contributed by atoms with Crippen LogP contribution in [0.1, 0.15) is 67.3 Å². The van der Waals surface area contributed by atoms with Gasteiger partial charge in [0.2, 0.25) is 0 Å². The van der Waals surface area contributed by atoms with Crippen molar-refractivity contribution >= 4 is 5.97 Å². The lowest BCUT2D eigenvalue weighted by molar-refractivity contribution is 0.0523. The third-order valence-electron chi connectivity index (χ3n) is 2.81. The lowest BCUT2D eigenvalue weighted by Gasteiger charge is -2.10. The Labute approximate surface area is 101 Å². The Morgan fingerprint density at radius 1 is 1.53 bits per heavy atom. The number of carbonyl (C=O) groups is 1. The largest absolute Gasteiger partial charge is 0.462 e. The maximum atomic E-state index is 11.8. The summed E-state index contributed by atoms with van der Waals surface area (Å²) < 4.78 is 5.03. The second-order valence-corrected chi connectivity index (χ2v) is 4.68. The zero-order chi connectivity index (χ0) is 12.4. The minimum atomic E-state index is -0.301. The molecule has 0 radical (unpaired) electrons. The van der Waals surface area contributed by atoms with Crippen molar-refractivity contribution in [3.05, 3.63) is 23.3 Å². The van der Waals surface area contributed by atoms with Gasteiger partial charge in [0.25, 0.3) is 0 Å². The number of ether oxygens (including phenoxy) is 1. The Morgan fingerprint density at radius 3 is 2.76 bits per heavy atom. The lowest BCUT2D eigenvalue weighted by Crippen LogP contribution is -2.12. The molecule has 1 aromatic heterocycles. The molecule has 0 saturated heterocycles. The topological polar surface area (TPSA) is 52.1 Å². The van der Waals surface area contributed by atoms with Crippen molar-refractivity contribution in [2.45, 2.75) is 45.4 Å². The molecule has 0 atom stereocenters. The van der Waals surface area contributed by atoms with Gasteiger partial charge in [0.1, 0.15) is 5.82 Å². The van der Waals surface area contributed by atoms with Gasteiger partial charge in [-0.25, -0.2) is 14.8 Å². The summed E-state index contributed by atoms with van der Waals surface area (Å²) in [5, 5.41) is 0. The SMILES string of the molecule is CCOC(=O)c1cnc(C(C)C)nc1C1CC1. The van der Waals surface area contributed by atoms with E-state index in [1.807, 2.05) is 0 Å². The first kappa shape index (κ1) is 12.0. The predicted octanol–water partition coefficient (Wildman–Crippen LogP) is 2.65. The van der Waals surface area contributed by atoms with Crippen LogP contribution in [-0.2, 0) is 4.74 Å². The number of hydrogen-bond donors (Lipinski definition) is 0. The summed E-state index contributed by atoms with van der Waals surface area (Å²) in [6.07, 6.45) is 3.84.